The number of H-pyrrole nitrogens is 2. The van der Waals surface area contributed by atoms with E-state index < -0.39 is 17.3 Å². The first-order valence-corrected chi connectivity index (χ1v) is 12.7. The summed E-state index contributed by atoms with van der Waals surface area (Å²) in [7, 11) is 0. The van der Waals surface area contributed by atoms with Crippen molar-refractivity contribution in [1.29, 1.82) is 0 Å². The van der Waals surface area contributed by atoms with Crippen molar-refractivity contribution < 1.29 is 23.8 Å². The number of thioether (sulfide) groups is 1. The predicted molar refractivity (Wildman–Crippen MR) is 139 cm³/mol. The maximum absolute atomic E-state index is 14.8. The second-order valence-electron chi connectivity index (χ2n) is 8.96. The minimum atomic E-state index is -0.742. The second-order valence-corrected chi connectivity index (χ2v) is 9.97. The van der Waals surface area contributed by atoms with E-state index in [1.165, 1.54) is 12.1 Å². The van der Waals surface area contributed by atoms with Gasteiger partial charge in [-0.2, -0.15) is 0 Å². The van der Waals surface area contributed by atoms with Gasteiger partial charge in [-0.15, -0.1) is 0 Å². The normalized spacial score (nSPS) is 18.5. The number of hydrogen-bond acceptors (Lipinski definition) is 8. The molecule has 5 rings (SSSR count). The topological polar surface area (TPSA) is 140 Å². The van der Waals surface area contributed by atoms with Crippen LogP contribution >= 0.6 is 11.8 Å². The molecule has 5 N–H and O–H groups in total. The van der Waals surface area contributed by atoms with Crippen molar-refractivity contribution in [3.8, 4) is 5.75 Å². The number of para-hydroxylation sites is 1. The van der Waals surface area contributed by atoms with Gasteiger partial charge in [0.25, 0.3) is 11.1 Å². The van der Waals surface area contributed by atoms with Crippen molar-refractivity contribution in [1.82, 2.24) is 20.6 Å². The van der Waals surface area contributed by atoms with E-state index in [4.69, 9.17) is 4.74 Å². The first-order chi connectivity index (χ1) is 17.9. The average Bonchev–Trinajstić information content (AvgIpc) is 3.41. The Morgan fingerprint density at radius 3 is 2.73 bits per heavy atom. The van der Waals surface area contributed by atoms with Crippen LogP contribution in [0.25, 0.3) is 17.1 Å². The van der Waals surface area contributed by atoms with Crippen molar-refractivity contribution in [2.24, 2.45) is 0 Å². The lowest BCUT2D eigenvalue weighted by atomic mass is 10.0. The van der Waals surface area contributed by atoms with Gasteiger partial charge in [0.15, 0.2) is 0 Å². The Labute approximate surface area is 215 Å². The van der Waals surface area contributed by atoms with E-state index in [0.29, 0.717) is 47.7 Å². The summed E-state index contributed by atoms with van der Waals surface area (Å²) >= 11 is 0.798. The lowest BCUT2D eigenvalue weighted by molar-refractivity contribution is -0.115. The number of imide groups is 1. The van der Waals surface area contributed by atoms with Crippen LogP contribution in [-0.2, 0) is 4.79 Å². The van der Waals surface area contributed by atoms with Crippen molar-refractivity contribution in [2.45, 2.75) is 25.0 Å². The summed E-state index contributed by atoms with van der Waals surface area (Å²) in [4.78, 5) is 42.1. The molecule has 3 heterocycles. The molecule has 2 fully saturated rings. The SMILES string of the molecule is O=C1NC(=O)C(=Cc2ccc(N3CCC(NC[C@H](O)COc4cccc5[nH]c(=O)[nH]c45)CC3)c(F)c2)S1. The molecule has 0 unspecified atom stereocenters. The van der Waals surface area contributed by atoms with Gasteiger partial charge in [-0.05, 0) is 60.5 Å². The zero-order chi connectivity index (χ0) is 25.9. The molecule has 0 aliphatic carbocycles. The quantitative estimate of drug-likeness (QED) is 0.281. The molecule has 194 valence electrons. The van der Waals surface area contributed by atoms with E-state index in [1.54, 1.807) is 30.3 Å². The molecule has 37 heavy (non-hydrogen) atoms. The van der Waals surface area contributed by atoms with E-state index in [0.717, 1.165) is 24.6 Å². The number of carbonyl (C=O) groups is 2. The largest absolute Gasteiger partial charge is 0.489 e. The number of carbonyl (C=O) groups excluding carboxylic acids is 2. The predicted octanol–water partition coefficient (Wildman–Crippen LogP) is 2.32. The molecule has 1 atom stereocenters. The molecule has 2 aliphatic rings. The zero-order valence-electron chi connectivity index (χ0n) is 19.8. The number of aliphatic hydroxyl groups excluding tert-OH is 1. The highest BCUT2D eigenvalue weighted by Crippen LogP contribution is 2.29. The Balaban J connectivity index is 1.09. The van der Waals surface area contributed by atoms with Gasteiger partial charge in [0.2, 0.25) is 0 Å². The molecule has 2 saturated heterocycles. The van der Waals surface area contributed by atoms with Gasteiger partial charge in [0, 0.05) is 25.7 Å². The summed E-state index contributed by atoms with van der Waals surface area (Å²) in [5, 5.41) is 15.5. The number of fused-ring (bicyclic) bond motifs is 1. The van der Waals surface area contributed by atoms with E-state index in [-0.39, 0.29) is 29.1 Å². The number of nitrogens with one attached hydrogen (secondary N) is 4. The summed E-state index contributed by atoms with van der Waals surface area (Å²) in [6.45, 7) is 1.71. The molecule has 0 spiro atoms. The van der Waals surface area contributed by atoms with Gasteiger partial charge in [0.1, 0.15) is 29.8 Å². The first-order valence-electron chi connectivity index (χ1n) is 11.9. The summed E-state index contributed by atoms with van der Waals surface area (Å²) in [5.41, 5.74) is 1.89. The van der Waals surface area contributed by atoms with Crippen LogP contribution in [0.2, 0.25) is 0 Å². The van der Waals surface area contributed by atoms with Crippen LogP contribution < -0.4 is 26.0 Å². The van der Waals surface area contributed by atoms with E-state index >= 15 is 0 Å². The number of aromatic nitrogens is 2. The van der Waals surface area contributed by atoms with Crippen LogP contribution in [0, 0.1) is 5.82 Å². The Hall–Kier alpha value is -3.61. The summed E-state index contributed by atoms with van der Waals surface area (Å²) in [6.07, 6.45) is 2.32. The third-order valence-electron chi connectivity index (χ3n) is 6.33. The highest BCUT2D eigenvalue weighted by atomic mass is 32.2. The van der Waals surface area contributed by atoms with Crippen molar-refractivity contribution in [3.63, 3.8) is 0 Å². The first kappa shape index (κ1) is 25.1. The van der Waals surface area contributed by atoms with Crippen LogP contribution in [0.5, 0.6) is 5.75 Å². The molecule has 2 aliphatic heterocycles. The van der Waals surface area contributed by atoms with Crippen LogP contribution in [0.15, 0.2) is 46.1 Å². The molecule has 0 bridgehead atoms. The van der Waals surface area contributed by atoms with Crippen LogP contribution in [0.4, 0.5) is 14.9 Å². The van der Waals surface area contributed by atoms with E-state index in [2.05, 4.69) is 20.6 Å². The van der Waals surface area contributed by atoms with Gasteiger partial charge in [-0.3, -0.25) is 14.9 Å². The number of hydrogen-bond donors (Lipinski definition) is 5. The minimum absolute atomic E-state index is 0.0697. The van der Waals surface area contributed by atoms with Crippen molar-refractivity contribution in [2.75, 3.05) is 31.1 Å². The molecule has 3 aromatic rings. The molecule has 0 saturated carbocycles. The average molecular weight is 528 g/mol. The smallest absolute Gasteiger partial charge is 0.323 e. The molecule has 1 aromatic heterocycles. The maximum atomic E-state index is 14.8. The standard InChI is InChI=1S/C25H26FN5O5S/c26-17-10-14(11-21-23(33)30-25(35)37-21)4-5-19(17)31-8-6-15(7-9-31)27-12-16(32)13-36-20-3-1-2-18-22(20)29-24(34)28-18/h1-5,10-11,15-16,27,32H,6-9,12-13H2,(H2,28,29,34)(H,30,33,35)/t16-/m0/s1. The number of aliphatic hydroxyl groups is 1. The fourth-order valence-electron chi connectivity index (χ4n) is 4.47. The third-order valence-corrected chi connectivity index (χ3v) is 7.14. The van der Waals surface area contributed by atoms with Crippen molar-refractivity contribution >= 4 is 45.7 Å². The lowest BCUT2D eigenvalue weighted by Gasteiger charge is -2.34. The van der Waals surface area contributed by atoms with E-state index in [1.807, 2.05) is 4.90 Å². The number of rotatable bonds is 8. The Bertz CT molecular complexity index is 1410. The Morgan fingerprint density at radius 1 is 1.19 bits per heavy atom. The number of aromatic amines is 2. The van der Waals surface area contributed by atoms with Gasteiger partial charge in [-0.25, -0.2) is 9.18 Å². The molecular weight excluding hydrogens is 501 g/mol. The molecule has 10 nitrogen and oxygen atoms in total. The zero-order valence-corrected chi connectivity index (χ0v) is 20.6. The van der Waals surface area contributed by atoms with Gasteiger partial charge >= 0.3 is 5.69 Å². The lowest BCUT2D eigenvalue weighted by Crippen LogP contribution is -2.45. The maximum Gasteiger partial charge on any atom is 0.323 e. The van der Waals surface area contributed by atoms with Crippen molar-refractivity contribution in [3.05, 3.63) is 63.2 Å². The molecule has 2 amide bonds. The number of anilines is 1. The van der Waals surface area contributed by atoms with Crippen LogP contribution in [0.3, 0.4) is 0 Å². The molecule has 2 aromatic carbocycles. The Kier molecular flexibility index (Phi) is 7.31. The summed E-state index contributed by atoms with van der Waals surface area (Å²) < 4.78 is 20.5. The van der Waals surface area contributed by atoms with Gasteiger partial charge < -0.3 is 30.0 Å². The highest BCUT2D eigenvalue weighted by molar-refractivity contribution is 8.18. The summed E-state index contributed by atoms with van der Waals surface area (Å²) in [6, 6.07) is 10.2. The van der Waals surface area contributed by atoms with Crippen LogP contribution in [0.1, 0.15) is 18.4 Å². The number of nitrogens with zero attached hydrogens (tertiary/aromatic N) is 1. The second kappa shape index (κ2) is 10.8. The van der Waals surface area contributed by atoms with E-state index in [9.17, 15) is 23.9 Å². The fourth-order valence-corrected chi connectivity index (χ4v) is 5.15. The number of piperidine rings is 1. The number of imidazole rings is 1. The molecule has 12 heteroatoms. The summed E-state index contributed by atoms with van der Waals surface area (Å²) in [5.74, 6) is -0.367. The highest BCUT2D eigenvalue weighted by Gasteiger charge is 2.26. The number of ether oxygens (including phenoxy) is 1. The third kappa shape index (κ3) is 5.87. The number of amides is 2. The fraction of sp³-hybridized carbons (Fsp3) is 0.320. The monoisotopic (exact) mass is 527 g/mol. The number of halogens is 1. The van der Waals surface area contributed by atoms with Crippen LogP contribution in [-0.4, -0.2) is 64.6 Å². The van der Waals surface area contributed by atoms with Gasteiger partial charge in [-0.1, -0.05) is 12.1 Å². The number of benzene rings is 2. The molecular formula is C25H26FN5O5S. The molecule has 0 radical (unpaired) electrons. The Morgan fingerprint density at radius 2 is 2.00 bits per heavy atom. The van der Waals surface area contributed by atoms with Gasteiger partial charge in [0.05, 0.1) is 16.1 Å². The minimum Gasteiger partial charge on any atom is -0.489 e.